The van der Waals surface area contributed by atoms with Crippen molar-refractivity contribution in [3.05, 3.63) is 59.4 Å². The molecule has 1 saturated carbocycles. The summed E-state index contributed by atoms with van der Waals surface area (Å²) in [5, 5.41) is 17.1. The van der Waals surface area contributed by atoms with Gasteiger partial charge in [-0.1, -0.05) is 24.3 Å². The average Bonchev–Trinajstić information content (AvgIpc) is 2.67. The molecule has 3 nitrogen and oxygen atoms in total. The van der Waals surface area contributed by atoms with Crippen LogP contribution in [0.5, 0.6) is 0 Å². The molecule has 2 rings (SSSR count). The lowest BCUT2D eigenvalue weighted by molar-refractivity contribution is 0.00647. The van der Waals surface area contributed by atoms with Crippen molar-refractivity contribution in [1.82, 2.24) is 0 Å². The number of hydrogen-bond donors (Lipinski definition) is 0. The minimum absolute atomic E-state index is 0.315. The second kappa shape index (κ2) is 10.4. The van der Waals surface area contributed by atoms with Crippen LogP contribution < -0.4 is 0 Å². The molecule has 25 heavy (non-hydrogen) atoms. The van der Waals surface area contributed by atoms with Gasteiger partial charge in [0, 0.05) is 0 Å². The number of benzene rings is 1. The second-order valence-corrected chi connectivity index (χ2v) is 6.39. The zero-order valence-corrected chi connectivity index (χ0v) is 14.3. The Kier molecular flexibility index (Phi) is 7.89. The fraction of sp³-hybridized carbons (Fsp3) is 0.429. The van der Waals surface area contributed by atoms with Crippen molar-refractivity contribution in [2.24, 2.45) is 5.92 Å². The first-order chi connectivity index (χ1) is 12.2. The van der Waals surface area contributed by atoms with E-state index in [1.807, 2.05) is 30.3 Å². The van der Waals surface area contributed by atoms with Gasteiger partial charge in [0.1, 0.15) is 6.07 Å². The van der Waals surface area contributed by atoms with E-state index in [2.05, 4.69) is 6.07 Å². The molecule has 1 fully saturated rings. The summed E-state index contributed by atoms with van der Waals surface area (Å²) in [6.07, 6.45) is 11.5. The highest BCUT2D eigenvalue weighted by Crippen LogP contribution is 2.30. The molecule has 0 aliphatic heterocycles. The van der Waals surface area contributed by atoms with Gasteiger partial charge in [0.15, 0.2) is 5.83 Å². The van der Waals surface area contributed by atoms with Crippen LogP contribution in [0.25, 0.3) is 0 Å². The molecule has 0 spiro atoms. The average molecular weight is 338 g/mol. The summed E-state index contributed by atoms with van der Waals surface area (Å²) in [5.41, 5.74) is 1.77. The summed E-state index contributed by atoms with van der Waals surface area (Å²) in [5.74, 6) is -0.0552. The summed E-state index contributed by atoms with van der Waals surface area (Å²) in [7, 11) is 0. The molecule has 0 amide bonds. The minimum atomic E-state index is -0.754. The Bertz CT molecular complexity index is 671. The van der Waals surface area contributed by atoms with E-state index in [1.54, 1.807) is 6.08 Å². The van der Waals surface area contributed by atoms with Crippen LogP contribution >= 0.6 is 0 Å². The molecule has 0 aromatic heterocycles. The number of halogens is 1. The Hall–Kier alpha value is -2.43. The first-order valence-corrected chi connectivity index (χ1v) is 8.74. The Balaban J connectivity index is 1.63. The van der Waals surface area contributed by atoms with Crippen LogP contribution in [0.2, 0.25) is 0 Å². The highest BCUT2D eigenvalue weighted by molar-refractivity contribution is 5.31. The molecule has 0 radical (unpaired) electrons. The van der Waals surface area contributed by atoms with E-state index in [-0.39, 0.29) is 0 Å². The molecule has 1 aliphatic rings. The van der Waals surface area contributed by atoms with Crippen molar-refractivity contribution < 1.29 is 9.13 Å². The standard InChI is InChI=1S/C21H23FN2O/c22-20(15-24)5-3-1-2-4-17-10-12-21(13-11-17)25-16-19-8-6-18(14-23)7-9-19/h1,3,5-9,17,21H,2,4,10-13,16H2. The van der Waals surface area contributed by atoms with Gasteiger partial charge in [0.25, 0.3) is 0 Å². The van der Waals surface area contributed by atoms with Crippen LogP contribution in [0, 0.1) is 28.6 Å². The highest BCUT2D eigenvalue weighted by Gasteiger charge is 2.21. The molecule has 0 saturated heterocycles. The molecule has 1 aromatic rings. The summed E-state index contributed by atoms with van der Waals surface area (Å²) < 4.78 is 18.6. The summed E-state index contributed by atoms with van der Waals surface area (Å²) in [6.45, 7) is 0.598. The van der Waals surface area contributed by atoms with E-state index in [9.17, 15) is 4.39 Å². The molecule has 0 N–H and O–H groups in total. The molecule has 130 valence electrons. The Morgan fingerprint density at radius 2 is 1.88 bits per heavy atom. The molecule has 0 heterocycles. The molecule has 0 bridgehead atoms. The van der Waals surface area contributed by atoms with E-state index in [0.717, 1.165) is 44.1 Å². The van der Waals surface area contributed by atoms with Crippen LogP contribution in [-0.2, 0) is 11.3 Å². The van der Waals surface area contributed by atoms with Crippen LogP contribution in [0.3, 0.4) is 0 Å². The molecule has 1 aromatic carbocycles. The second-order valence-electron chi connectivity index (χ2n) is 6.39. The van der Waals surface area contributed by atoms with E-state index >= 15 is 0 Å². The smallest absolute Gasteiger partial charge is 0.199 e. The van der Waals surface area contributed by atoms with Gasteiger partial charge < -0.3 is 4.74 Å². The summed E-state index contributed by atoms with van der Waals surface area (Å²) in [4.78, 5) is 0. The number of allylic oxidation sites excluding steroid dienone is 4. The molecular formula is C21H23FN2O. The zero-order chi connectivity index (χ0) is 17.9. The zero-order valence-electron chi connectivity index (χ0n) is 14.3. The lowest BCUT2D eigenvalue weighted by Gasteiger charge is -2.28. The van der Waals surface area contributed by atoms with Gasteiger partial charge in [-0.05, 0) is 68.2 Å². The van der Waals surface area contributed by atoms with Crippen molar-refractivity contribution in [3.63, 3.8) is 0 Å². The van der Waals surface area contributed by atoms with E-state index in [0.29, 0.717) is 24.2 Å². The van der Waals surface area contributed by atoms with Gasteiger partial charge in [-0.15, -0.1) is 0 Å². The number of nitriles is 2. The fourth-order valence-electron chi connectivity index (χ4n) is 3.09. The van der Waals surface area contributed by atoms with Crippen molar-refractivity contribution in [3.8, 4) is 12.1 Å². The van der Waals surface area contributed by atoms with Crippen LogP contribution in [-0.4, -0.2) is 6.10 Å². The number of ether oxygens (including phenoxy) is 1. The first-order valence-electron chi connectivity index (χ1n) is 8.74. The molecule has 0 unspecified atom stereocenters. The topological polar surface area (TPSA) is 56.8 Å². The van der Waals surface area contributed by atoms with Crippen molar-refractivity contribution >= 4 is 0 Å². The Labute approximate surface area is 149 Å². The van der Waals surface area contributed by atoms with Gasteiger partial charge in [-0.25, -0.2) is 0 Å². The van der Waals surface area contributed by atoms with Gasteiger partial charge in [0.05, 0.1) is 24.3 Å². The Morgan fingerprint density at radius 3 is 2.52 bits per heavy atom. The molecule has 0 atom stereocenters. The predicted octanol–water partition coefficient (Wildman–Crippen LogP) is 5.35. The van der Waals surface area contributed by atoms with E-state index in [1.165, 1.54) is 12.1 Å². The lowest BCUT2D eigenvalue weighted by Crippen LogP contribution is -2.21. The summed E-state index contributed by atoms with van der Waals surface area (Å²) in [6, 6.07) is 11.1. The molecular weight excluding hydrogens is 315 g/mol. The maximum Gasteiger partial charge on any atom is 0.199 e. The van der Waals surface area contributed by atoms with Gasteiger partial charge >= 0.3 is 0 Å². The predicted molar refractivity (Wildman–Crippen MR) is 94.9 cm³/mol. The van der Waals surface area contributed by atoms with Crippen molar-refractivity contribution in [2.75, 3.05) is 0 Å². The Morgan fingerprint density at radius 1 is 1.16 bits per heavy atom. The van der Waals surface area contributed by atoms with E-state index < -0.39 is 5.83 Å². The third kappa shape index (κ3) is 6.91. The van der Waals surface area contributed by atoms with Crippen LogP contribution in [0.4, 0.5) is 4.39 Å². The maximum atomic E-state index is 12.6. The van der Waals surface area contributed by atoms with Gasteiger partial charge in [-0.2, -0.15) is 14.9 Å². The SMILES string of the molecule is N#CC(F)=CC=CCCC1CCC(OCc2ccc(C#N)cc2)CC1. The minimum Gasteiger partial charge on any atom is -0.374 e. The van der Waals surface area contributed by atoms with Crippen molar-refractivity contribution in [2.45, 2.75) is 51.2 Å². The quantitative estimate of drug-likeness (QED) is 0.497. The highest BCUT2D eigenvalue weighted by atomic mass is 19.1. The van der Waals surface area contributed by atoms with Gasteiger partial charge in [-0.3, -0.25) is 0 Å². The number of hydrogen-bond acceptors (Lipinski definition) is 3. The monoisotopic (exact) mass is 338 g/mol. The first kappa shape index (κ1) is 18.9. The van der Waals surface area contributed by atoms with Crippen LogP contribution in [0.1, 0.15) is 49.7 Å². The normalized spacial score (nSPS) is 21.0. The third-order valence-corrected chi connectivity index (χ3v) is 4.59. The molecule has 4 heteroatoms. The molecule has 1 aliphatic carbocycles. The lowest BCUT2D eigenvalue weighted by atomic mass is 9.84. The van der Waals surface area contributed by atoms with Crippen LogP contribution in [0.15, 0.2) is 48.3 Å². The third-order valence-electron chi connectivity index (χ3n) is 4.59. The largest absolute Gasteiger partial charge is 0.374 e. The fourth-order valence-corrected chi connectivity index (χ4v) is 3.09. The van der Waals surface area contributed by atoms with Crippen molar-refractivity contribution in [1.29, 1.82) is 10.5 Å². The number of rotatable bonds is 7. The van der Waals surface area contributed by atoms with E-state index in [4.69, 9.17) is 15.3 Å². The maximum absolute atomic E-state index is 12.6. The number of nitrogens with zero attached hydrogens (tertiary/aromatic N) is 2. The van der Waals surface area contributed by atoms with Gasteiger partial charge in [0.2, 0.25) is 0 Å². The summed E-state index contributed by atoms with van der Waals surface area (Å²) >= 11 is 0.